The average molecular weight is 427 g/mol. The summed E-state index contributed by atoms with van der Waals surface area (Å²) in [6.07, 6.45) is 0. The smallest absolute Gasteiger partial charge is 0.253 e. The fourth-order valence-corrected chi connectivity index (χ4v) is 5.73. The lowest BCUT2D eigenvalue weighted by molar-refractivity contribution is 0.0698. The second-order valence-corrected chi connectivity index (χ2v) is 9.17. The van der Waals surface area contributed by atoms with E-state index in [2.05, 4.69) is 0 Å². The molecular weight excluding hydrogens is 407 g/mol. The Morgan fingerprint density at radius 3 is 2.19 bits per heavy atom. The van der Waals surface area contributed by atoms with E-state index in [4.69, 9.17) is 23.2 Å². The van der Waals surface area contributed by atoms with Crippen molar-refractivity contribution in [3.8, 4) is 0 Å². The van der Waals surface area contributed by atoms with Crippen molar-refractivity contribution in [2.75, 3.05) is 26.2 Å². The maximum Gasteiger partial charge on any atom is 0.253 e. The first kappa shape index (κ1) is 20.1. The molecule has 5 nitrogen and oxygen atoms in total. The highest BCUT2D eigenvalue weighted by molar-refractivity contribution is 7.89. The Bertz CT molecular complexity index is 944. The first-order valence-corrected chi connectivity index (χ1v) is 10.7. The third-order valence-electron chi connectivity index (χ3n) is 4.73. The van der Waals surface area contributed by atoms with Gasteiger partial charge in [0.1, 0.15) is 4.90 Å². The number of aryl methyl sites for hydroxylation is 1. The van der Waals surface area contributed by atoms with Gasteiger partial charge < -0.3 is 4.90 Å². The van der Waals surface area contributed by atoms with E-state index in [0.717, 1.165) is 0 Å². The number of hydrogen-bond acceptors (Lipinski definition) is 3. The molecule has 0 bridgehead atoms. The van der Waals surface area contributed by atoms with Crippen LogP contribution in [0.3, 0.4) is 0 Å². The van der Waals surface area contributed by atoms with Crippen LogP contribution in [-0.2, 0) is 10.0 Å². The van der Waals surface area contributed by atoms with Gasteiger partial charge in [-0.25, -0.2) is 8.42 Å². The third-order valence-corrected chi connectivity index (χ3v) is 7.80. The fourth-order valence-electron chi connectivity index (χ4n) is 3.14. The minimum Gasteiger partial charge on any atom is -0.336 e. The average Bonchev–Trinajstić information content (AvgIpc) is 2.66. The molecule has 0 atom stereocenters. The van der Waals surface area contributed by atoms with Crippen LogP contribution in [0.25, 0.3) is 0 Å². The summed E-state index contributed by atoms with van der Waals surface area (Å²) in [5.41, 5.74) is 1.65. The minimum atomic E-state index is -3.80. The second kappa shape index (κ2) is 7.80. The van der Waals surface area contributed by atoms with Gasteiger partial charge in [0.15, 0.2) is 0 Å². The molecular formula is C19H20Cl2N2O3S. The number of carbonyl (C=O) groups is 1. The number of piperazine rings is 1. The number of nitrogens with zero attached hydrogens (tertiary/aromatic N) is 2. The van der Waals surface area contributed by atoms with E-state index in [9.17, 15) is 13.2 Å². The van der Waals surface area contributed by atoms with Crippen molar-refractivity contribution in [1.82, 2.24) is 9.21 Å². The summed E-state index contributed by atoms with van der Waals surface area (Å²) in [4.78, 5) is 14.3. The molecule has 0 aliphatic carbocycles. The van der Waals surface area contributed by atoms with E-state index in [1.54, 1.807) is 49.1 Å². The highest BCUT2D eigenvalue weighted by Gasteiger charge is 2.33. The highest BCUT2D eigenvalue weighted by Crippen LogP contribution is 2.35. The minimum absolute atomic E-state index is 0.0528. The zero-order valence-corrected chi connectivity index (χ0v) is 17.4. The summed E-state index contributed by atoms with van der Waals surface area (Å²) >= 11 is 12.5. The van der Waals surface area contributed by atoms with Gasteiger partial charge in [-0.05, 0) is 43.2 Å². The maximum atomic E-state index is 13.2. The lowest BCUT2D eigenvalue weighted by Crippen LogP contribution is -2.50. The van der Waals surface area contributed by atoms with Crippen LogP contribution in [0.4, 0.5) is 0 Å². The number of carbonyl (C=O) groups excluding carboxylic acids is 1. The Labute approximate surface area is 169 Å². The lowest BCUT2D eigenvalue weighted by Gasteiger charge is -2.34. The molecule has 0 aromatic heterocycles. The fraction of sp³-hybridized carbons (Fsp3) is 0.316. The molecule has 1 saturated heterocycles. The van der Waals surface area contributed by atoms with Gasteiger partial charge in [0.25, 0.3) is 5.91 Å². The summed E-state index contributed by atoms with van der Waals surface area (Å²) in [5, 5.41) is 0.563. The molecule has 2 aromatic carbocycles. The van der Waals surface area contributed by atoms with Crippen molar-refractivity contribution < 1.29 is 13.2 Å². The third kappa shape index (κ3) is 3.85. The monoisotopic (exact) mass is 426 g/mol. The van der Waals surface area contributed by atoms with Crippen molar-refractivity contribution in [1.29, 1.82) is 0 Å². The quantitative estimate of drug-likeness (QED) is 0.750. The molecule has 144 valence electrons. The van der Waals surface area contributed by atoms with E-state index in [0.29, 0.717) is 34.8 Å². The molecule has 3 rings (SSSR count). The molecule has 1 aliphatic heterocycles. The van der Waals surface area contributed by atoms with Crippen molar-refractivity contribution in [3.63, 3.8) is 0 Å². The predicted octanol–water partition coefficient (Wildman–Crippen LogP) is 3.76. The van der Waals surface area contributed by atoms with Gasteiger partial charge in [-0.15, -0.1) is 0 Å². The Kier molecular flexibility index (Phi) is 5.82. The number of benzene rings is 2. The first-order chi connectivity index (χ1) is 12.7. The van der Waals surface area contributed by atoms with E-state index >= 15 is 0 Å². The largest absolute Gasteiger partial charge is 0.336 e. The molecule has 8 heteroatoms. The van der Waals surface area contributed by atoms with Gasteiger partial charge in [0.05, 0.1) is 5.02 Å². The zero-order valence-electron chi connectivity index (χ0n) is 15.1. The maximum absolute atomic E-state index is 13.2. The SMILES string of the molecule is Cc1cc(Cl)c(C)c(S(=O)(=O)N2CCN(C(=O)c3ccccc3)CC2)c1Cl. The standard InChI is InChI=1S/C19H20Cl2N2O3S/c1-13-12-16(20)14(2)18(17(13)21)27(25,26)23-10-8-22(9-11-23)19(24)15-6-4-3-5-7-15/h3-7,12H,8-11H2,1-2H3. The molecule has 1 fully saturated rings. The number of sulfonamides is 1. The number of halogens is 2. The lowest BCUT2D eigenvalue weighted by atomic mass is 10.2. The molecule has 0 saturated carbocycles. The van der Waals surface area contributed by atoms with E-state index in [1.807, 2.05) is 6.07 Å². The van der Waals surface area contributed by atoms with Crippen LogP contribution in [0.2, 0.25) is 10.0 Å². The van der Waals surface area contributed by atoms with Crippen LogP contribution in [0.15, 0.2) is 41.3 Å². The Hall–Kier alpha value is -1.60. The molecule has 1 amide bonds. The van der Waals surface area contributed by atoms with Gasteiger partial charge in [-0.1, -0.05) is 41.4 Å². The Balaban J connectivity index is 1.81. The van der Waals surface area contributed by atoms with Crippen molar-refractivity contribution in [2.24, 2.45) is 0 Å². The van der Waals surface area contributed by atoms with Gasteiger partial charge in [0, 0.05) is 36.8 Å². The highest BCUT2D eigenvalue weighted by atomic mass is 35.5. The zero-order chi connectivity index (χ0) is 19.8. The molecule has 1 aliphatic rings. The summed E-state index contributed by atoms with van der Waals surface area (Å²) in [7, 11) is -3.80. The van der Waals surface area contributed by atoms with Gasteiger partial charge in [0.2, 0.25) is 10.0 Å². The topological polar surface area (TPSA) is 57.7 Å². The summed E-state index contributed by atoms with van der Waals surface area (Å²) in [6.45, 7) is 4.44. The summed E-state index contributed by atoms with van der Waals surface area (Å²) in [6, 6.07) is 10.6. The number of amides is 1. The molecule has 0 radical (unpaired) electrons. The normalized spacial score (nSPS) is 15.8. The number of hydrogen-bond donors (Lipinski definition) is 0. The van der Waals surface area contributed by atoms with Crippen molar-refractivity contribution in [3.05, 3.63) is 63.1 Å². The van der Waals surface area contributed by atoms with Gasteiger partial charge in [-0.3, -0.25) is 4.79 Å². The molecule has 1 heterocycles. The molecule has 0 spiro atoms. The van der Waals surface area contributed by atoms with Crippen LogP contribution in [-0.4, -0.2) is 49.7 Å². The van der Waals surface area contributed by atoms with Gasteiger partial charge >= 0.3 is 0 Å². The van der Waals surface area contributed by atoms with Crippen LogP contribution in [0.5, 0.6) is 0 Å². The Morgan fingerprint density at radius 2 is 1.59 bits per heavy atom. The van der Waals surface area contributed by atoms with Crippen LogP contribution in [0, 0.1) is 13.8 Å². The number of rotatable bonds is 3. The van der Waals surface area contributed by atoms with Gasteiger partial charge in [-0.2, -0.15) is 4.31 Å². The van der Waals surface area contributed by atoms with Crippen molar-refractivity contribution in [2.45, 2.75) is 18.7 Å². The van der Waals surface area contributed by atoms with Crippen LogP contribution in [0.1, 0.15) is 21.5 Å². The molecule has 2 aromatic rings. The van der Waals surface area contributed by atoms with Crippen molar-refractivity contribution >= 4 is 39.1 Å². The van der Waals surface area contributed by atoms with Crippen LogP contribution >= 0.6 is 23.2 Å². The second-order valence-electron chi connectivity index (χ2n) is 6.51. The summed E-state index contributed by atoms with van der Waals surface area (Å²) in [5.74, 6) is -0.0968. The predicted molar refractivity (Wildman–Crippen MR) is 107 cm³/mol. The Morgan fingerprint density at radius 1 is 1.00 bits per heavy atom. The van der Waals surface area contributed by atoms with E-state index < -0.39 is 10.0 Å². The van der Waals surface area contributed by atoms with E-state index in [1.165, 1.54) is 4.31 Å². The molecule has 0 N–H and O–H groups in total. The molecule has 27 heavy (non-hydrogen) atoms. The summed E-state index contributed by atoms with van der Waals surface area (Å²) < 4.78 is 27.7. The molecule has 0 unspecified atom stereocenters. The van der Waals surface area contributed by atoms with Crippen LogP contribution < -0.4 is 0 Å². The van der Waals surface area contributed by atoms with E-state index in [-0.39, 0.29) is 28.9 Å². The first-order valence-electron chi connectivity index (χ1n) is 8.53.